The van der Waals surface area contributed by atoms with Gasteiger partial charge in [0, 0.05) is 18.2 Å². The third-order valence-corrected chi connectivity index (χ3v) is 5.81. The lowest BCUT2D eigenvalue weighted by molar-refractivity contribution is 0.0908. The van der Waals surface area contributed by atoms with Crippen molar-refractivity contribution in [2.45, 2.75) is 36.6 Å². The van der Waals surface area contributed by atoms with E-state index in [1.165, 1.54) is 30.3 Å². The standard InChI is InChI=1S/C17H25N3O3S/c1-2-11-19-24(22,23)15-9-7-13(8-10-15)17(21)20-16-6-4-3-5-14(16)12-18/h2,7-10,14,16,19H,1,3-6,11-12,18H2,(H,20,21). The maximum absolute atomic E-state index is 12.4. The summed E-state index contributed by atoms with van der Waals surface area (Å²) in [5.74, 6) is 0.119. The second kappa shape index (κ2) is 8.41. The number of nitrogens with two attached hydrogens (primary N) is 1. The molecule has 0 saturated heterocycles. The summed E-state index contributed by atoms with van der Waals surface area (Å²) >= 11 is 0. The number of nitrogens with one attached hydrogen (secondary N) is 2. The van der Waals surface area contributed by atoms with Gasteiger partial charge in [-0.1, -0.05) is 18.9 Å². The van der Waals surface area contributed by atoms with Crippen LogP contribution in [0.4, 0.5) is 0 Å². The van der Waals surface area contributed by atoms with Gasteiger partial charge >= 0.3 is 0 Å². The van der Waals surface area contributed by atoms with Crippen LogP contribution in [0.25, 0.3) is 0 Å². The maximum Gasteiger partial charge on any atom is 0.251 e. The molecule has 2 atom stereocenters. The van der Waals surface area contributed by atoms with Gasteiger partial charge in [-0.05, 0) is 49.6 Å². The van der Waals surface area contributed by atoms with Crippen molar-refractivity contribution in [1.29, 1.82) is 0 Å². The summed E-state index contributed by atoms with van der Waals surface area (Å²) in [6.45, 7) is 4.20. The SMILES string of the molecule is C=CCNS(=O)(=O)c1ccc(C(=O)NC2CCCCC2CN)cc1. The Morgan fingerprint density at radius 1 is 1.25 bits per heavy atom. The molecule has 0 aliphatic heterocycles. The Labute approximate surface area is 143 Å². The second-order valence-corrected chi connectivity index (χ2v) is 7.79. The average molecular weight is 351 g/mol. The number of sulfonamides is 1. The fourth-order valence-corrected chi connectivity index (χ4v) is 3.97. The maximum atomic E-state index is 12.4. The molecule has 0 aromatic heterocycles. The van der Waals surface area contributed by atoms with Crippen LogP contribution in [-0.2, 0) is 10.0 Å². The molecule has 0 heterocycles. The van der Waals surface area contributed by atoms with E-state index < -0.39 is 10.0 Å². The predicted octanol–water partition coefficient (Wildman–Crippen LogP) is 1.40. The molecule has 4 N–H and O–H groups in total. The number of hydrogen-bond donors (Lipinski definition) is 3. The van der Waals surface area contributed by atoms with E-state index in [9.17, 15) is 13.2 Å². The number of hydrogen-bond acceptors (Lipinski definition) is 4. The molecule has 132 valence electrons. The van der Waals surface area contributed by atoms with E-state index in [0.29, 0.717) is 18.0 Å². The van der Waals surface area contributed by atoms with Crippen LogP contribution < -0.4 is 15.8 Å². The molecule has 1 aromatic rings. The summed E-state index contributed by atoms with van der Waals surface area (Å²) in [5, 5.41) is 3.03. The van der Waals surface area contributed by atoms with E-state index in [1.807, 2.05) is 0 Å². The second-order valence-electron chi connectivity index (χ2n) is 6.03. The van der Waals surface area contributed by atoms with Gasteiger partial charge in [0.1, 0.15) is 0 Å². The van der Waals surface area contributed by atoms with E-state index >= 15 is 0 Å². The number of carbonyl (C=O) groups is 1. The smallest absolute Gasteiger partial charge is 0.251 e. The van der Waals surface area contributed by atoms with Crippen molar-refractivity contribution in [2.24, 2.45) is 11.7 Å². The number of benzene rings is 1. The molecule has 7 heteroatoms. The zero-order valence-electron chi connectivity index (χ0n) is 13.7. The lowest BCUT2D eigenvalue weighted by Crippen LogP contribution is -2.44. The van der Waals surface area contributed by atoms with E-state index in [1.54, 1.807) is 0 Å². The normalized spacial score (nSPS) is 21.2. The highest BCUT2D eigenvalue weighted by Crippen LogP contribution is 2.24. The van der Waals surface area contributed by atoms with Crippen molar-refractivity contribution in [1.82, 2.24) is 10.0 Å². The quantitative estimate of drug-likeness (QED) is 0.646. The summed E-state index contributed by atoms with van der Waals surface area (Å²) in [6, 6.07) is 6.01. The summed E-state index contributed by atoms with van der Waals surface area (Å²) in [6.07, 6.45) is 5.68. The molecular formula is C17H25N3O3S. The van der Waals surface area contributed by atoms with Gasteiger partial charge in [-0.3, -0.25) is 4.79 Å². The predicted molar refractivity (Wildman–Crippen MR) is 94.1 cm³/mol. The average Bonchev–Trinajstić information content (AvgIpc) is 2.60. The zero-order chi connectivity index (χ0) is 17.6. The van der Waals surface area contributed by atoms with Crippen LogP contribution in [0.15, 0.2) is 41.8 Å². The van der Waals surface area contributed by atoms with Crippen molar-refractivity contribution >= 4 is 15.9 Å². The van der Waals surface area contributed by atoms with Crippen molar-refractivity contribution in [2.75, 3.05) is 13.1 Å². The number of rotatable bonds is 7. The molecule has 1 amide bonds. The lowest BCUT2D eigenvalue weighted by Gasteiger charge is -2.31. The molecule has 1 aliphatic rings. The largest absolute Gasteiger partial charge is 0.349 e. The molecule has 0 spiro atoms. The molecule has 1 fully saturated rings. The Balaban J connectivity index is 2.04. The van der Waals surface area contributed by atoms with Gasteiger partial charge in [0.2, 0.25) is 10.0 Å². The van der Waals surface area contributed by atoms with E-state index in [0.717, 1.165) is 25.7 Å². The first-order valence-electron chi connectivity index (χ1n) is 8.19. The molecule has 0 radical (unpaired) electrons. The minimum Gasteiger partial charge on any atom is -0.349 e. The van der Waals surface area contributed by atoms with E-state index in [-0.39, 0.29) is 23.4 Å². The third-order valence-electron chi connectivity index (χ3n) is 4.37. The van der Waals surface area contributed by atoms with Crippen molar-refractivity contribution in [3.63, 3.8) is 0 Å². The third kappa shape index (κ3) is 4.66. The molecule has 1 aliphatic carbocycles. The number of amides is 1. The highest BCUT2D eigenvalue weighted by molar-refractivity contribution is 7.89. The van der Waals surface area contributed by atoms with Crippen LogP contribution in [0.3, 0.4) is 0 Å². The Morgan fingerprint density at radius 3 is 2.54 bits per heavy atom. The van der Waals surface area contributed by atoms with Gasteiger partial charge in [-0.2, -0.15) is 0 Å². The van der Waals surface area contributed by atoms with Crippen LogP contribution in [0.2, 0.25) is 0 Å². The van der Waals surface area contributed by atoms with Crippen LogP contribution in [0, 0.1) is 5.92 Å². The summed E-state index contributed by atoms with van der Waals surface area (Å²) in [4.78, 5) is 12.5. The Morgan fingerprint density at radius 2 is 1.92 bits per heavy atom. The first kappa shape index (κ1) is 18.6. The monoisotopic (exact) mass is 351 g/mol. The molecule has 6 nitrogen and oxygen atoms in total. The van der Waals surface area contributed by atoms with Crippen LogP contribution in [0.1, 0.15) is 36.0 Å². The van der Waals surface area contributed by atoms with Crippen molar-refractivity contribution in [3.05, 3.63) is 42.5 Å². The lowest BCUT2D eigenvalue weighted by atomic mass is 9.84. The van der Waals surface area contributed by atoms with Gasteiger partial charge in [-0.15, -0.1) is 6.58 Å². The first-order chi connectivity index (χ1) is 11.5. The zero-order valence-corrected chi connectivity index (χ0v) is 14.5. The number of carbonyl (C=O) groups excluding carboxylic acids is 1. The molecule has 1 saturated carbocycles. The van der Waals surface area contributed by atoms with Crippen LogP contribution in [-0.4, -0.2) is 33.5 Å². The minimum absolute atomic E-state index is 0.0916. The summed E-state index contributed by atoms with van der Waals surface area (Å²) in [7, 11) is -3.57. The van der Waals surface area contributed by atoms with Gasteiger partial charge < -0.3 is 11.1 Å². The fraction of sp³-hybridized carbons (Fsp3) is 0.471. The van der Waals surface area contributed by atoms with Gasteiger partial charge in [0.25, 0.3) is 5.91 Å². The topological polar surface area (TPSA) is 101 Å². The van der Waals surface area contributed by atoms with Crippen molar-refractivity contribution in [3.8, 4) is 0 Å². The molecular weight excluding hydrogens is 326 g/mol. The molecule has 1 aromatic carbocycles. The Bertz CT molecular complexity index is 671. The molecule has 24 heavy (non-hydrogen) atoms. The highest BCUT2D eigenvalue weighted by Gasteiger charge is 2.25. The first-order valence-corrected chi connectivity index (χ1v) is 9.68. The summed E-state index contributed by atoms with van der Waals surface area (Å²) in [5.41, 5.74) is 6.23. The molecule has 0 bridgehead atoms. The fourth-order valence-electron chi connectivity index (χ4n) is 2.97. The van der Waals surface area contributed by atoms with E-state index in [2.05, 4.69) is 16.6 Å². The van der Waals surface area contributed by atoms with Gasteiger partial charge in [-0.25, -0.2) is 13.1 Å². The Kier molecular flexibility index (Phi) is 6.53. The highest BCUT2D eigenvalue weighted by atomic mass is 32.2. The molecule has 2 unspecified atom stereocenters. The van der Waals surface area contributed by atoms with Gasteiger partial charge in [0.15, 0.2) is 0 Å². The molecule has 2 rings (SSSR count). The Hall–Kier alpha value is -1.70. The summed E-state index contributed by atoms with van der Waals surface area (Å²) < 4.78 is 26.4. The van der Waals surface area contributed by atoms with Gasteiger partial charge in [0.05, 0.1) is 4.90 Å². The van der Waals surface area contributed by atoms with Crippen molar-refractivity contribution < 1.29 is 13.2 Å². The van der Waals surface area contributed by atoms with E-state index in [4.69, 9.17) is 5.73 Å². The minimum atomic E-state index is -3.57. The van der Waals surface area contributed by atoms with Crippen LogP contribution in [0.5, 0.6) is 0 Å². The van der Waals surface area contributed by atoms with Crippen LogP contribution >= 0.6 is 0 Å².